The molecular weight excluding hydrogens is 344 g/mol. The lowest BCUT2D eigenvalue weighted by Gasteiger charge is -2.14. The molecule has 28 heavy (non-hydrogen) atoms. The van der Waals surface area contributed by atoms with E-state index in [4.69, 9.17) is 9.47 Å². The molecule has 0 radical (unpaired) electrons. The van der Waals surface area contributed by atoms with E-state index >= 15 is 0 Å². The molecule has 0 aliphatic carbocycles. The first kappa shape index (κ1) is 24.9. The maximum Gasteiger partial charge on any atom is 0.119 e. The molecule has 0 aromatic heterocycles. The minimum absolute atomic E-state index is 0.740. The third-order valence-corrected chi connectivity index (χ3v) is 5.54. The SMILES string of the molecule is CC(C)CCC[C@@H](C)CCOc1ccc(OCC[C@@H](C)CCCC(C)C)cc1. The van der Waals surface area contributed by atoms with Crippen LogP contribution in [0.2, 0.25) is 0 Å². The quantitative estimate of drug-likeness (QED) is 0.283. The second-order valence-electron chi connectivity index (χ2n) is 9.61. The molecule has 0 saturated heterocycles. The van der Waals surface area contributed by atoms with Gasteiger partial charge in [0, 0.05) is 0 Å². The Morgan fingerprint density at radius 3 is 1.21 bits per heavy atom. The highest BCUT2D eigenvalue weighted by molar-refractivity contribution is 5.31. The summed E-state index contributed by atoms with van der Waals surface area (Å²) in [6.45, 7) is 15.5. The van der Waals surface area contributed by atoms with Crippen molar-refractivity contribution in [2.24, 2.45) is 23.7 Å². The van der Waals surface area contributed by atoms with Gasteiger partial charge in [-0.1, -0.05) is 80.1 Å². The van der Waals surface area contributed by atoms with Crippen molar-refractivity contribution in [1.29, 1.82) is 0 Å². The molecule has 162 valence electrons. The topological polar surface area (TPSA) is 18.5 Å². The van der Waals surface area contributed by atoms with Gasteiger partial charge in [-0.2, -0.15) is 0 Å². The summed E-state index contributed by atoms with van der Waals surface area (Å²) in [7, 11) is 0. The van der Waals surface area contributed by atoms with Crippen LogP contribution in [0, 0.1) is 23.7 Å². The van der Waals surface area contributed by atoms with Gasteiger partial charge in [-0.05, 0) is 60.8 Å². The van der Waals surface area contributed by atoms with E-state index in [0.29, 0.717) is 0 Å². The molecule has 0 N–H and O–H groups in total. The molecule has 0 bridgehead atoms. The summed E-state index contributed by atoms with van der Waals surface area (Å²) in [5.41, 5.74) is 0. The van der Waals surface area contributed by atoms with Crippen LogP contribution in [-0.2, 0) is 0 Å². The summed E-state index contributed by atoms with van der Waals surface area (Å²) in [6.07, 6.45) is 10.2. The molecule has 0 fully saturated rings. The van der Waals surface area contributed by atoms with Crippen LogP contribution in [0.25, 0.3) is 0 Å². The Kier molecular flexibility index (Phi) is 13.1. The number of ether oxygens (including phenoxy) is 2. The monoisotopic (exact) mass is 390 g/mol. The second kappa shape index (κ2) is 14.8. The Labute approximate surface area is 175 Å². The van der Waals surface area contributed by atoms with Crippen LogP contribution < -0.4 is 9.47 Å². The Morgan fingerprint density at radius 2 is 0.893 bits per heavy atom. The third-order valence-electron chi connectivity index (χ3n) is 5.54. The van der Waals surface area contributed by atoms with Crippen LogP contribution in [0.15, 0.2) is 24.3 Å². The fourth-order valence-electron chi connectivity index (χ4n) is 3.43. The Hall–Kier alpha value is -1.18. The summed E-state index contributed by atoms with van der Waals surface area (Å²) < 4.78 is 11.8. The lowest BCUT2D eigenvalue weighted by Crippen LogP contribution is -2.06. The first-order valence-electron chi connectivity index (χ1n) is 11.7. The second-order valence-corrected chi connectivity index (χ2v) is 9.61. The maximum atomic E-state index is 5.91. The molecule has 0 aliphatic heterocycles. The van der Waals surface area contributed by atoms with Crippen molar-refractivity contribution in [3.8, 4) is 11.5 Å². The van der Waals surface area contributed by atoms with Crippen LogP contribution in [-0.4, -0.2) is 13.2 Å². The molecule has 2 heteroatoms. The van der Waals surface area contributed by atoms with Crippen molar-refractivity contribution in [2.45, 2.75) is 92.9 Å². The van der Waals surface area contributed by atoms with Crippen LogP contribution in [0.3, 0.4) is 0 Å². The van der Waals surface area contributed by atoms with Crippen molar-refractivity contribution in [2.75, 3.05) is 13.2 Å². The smallest absolute Gasteiger partial charge is 0.119 e. The molecule has 1 aromatic rings. The van der Waals surface area contributed by atoms with Gasteiger partial charge in [0.15, 0.2) is 0 Å². The summed E-state index contributed by atoms with van der Waals surface area (Å²) in [5, 5.41) is 0. The first-order valence-corrected chi connectivity index (χ1v) is 11.7. The highest BCUT2D eigenvalue weighted by atomic mass is 16.5. The van der Waals surface area contributed by atoms with Gasteiger partial charge in [0.2, 0.25) is 0 Å². The minimum Gasteiger partial charge on any atom is -0.494 e. The van der Waals surface area contributed by atoms with Gasteiger partial charge in [0.1, 0.15) is 11.5 Å². The molecular formula is C26H46O2. The average Bonchev–Trinajstić information content (AvgIpc) is 2.62. The Balaban J connectivity index is 2.14. The molecule has 0 saturated carbocycles. The van der Waals surface area contributed by atoms with Crippen LogP contribution in [0.5, 0.6) is 11.5 Å². The Bertz CT molecular complexity index is 433. The normalized spacial score (nSPS) is 13.7. The predicted molar refractivity (Wildman–Crippen MR) is 122 cm³/mol. The zero-order chi connectivity index (χ0) is 20.8. The molecule has 0 spiro atoms. The van der Waals surface area contributed by atoms with E-state index in [1.54, 1.807) is 0 Å². The van der Waals surface area contributed by atoms with E-state index in [-0.39, 0.29) is 0 Å². The van der Waals surface area contributed by atoms with Gasteiger partial charge >= 0.3 is 0 Å². The zero-order valence-electron chi connectivity index (χ0n) is 19.5. The summed E-state index contributed by atoms with van der Waals surface area (Å²) in [6, 6.07) is 8.13. The Morgan fingerprint density at radius 1 is 0.536 bits per heavy atom. The molecule has 1 aromatic carbocycles. The first-order chi connectivity index (χ1) is 13.4. The van der Waals surface area contributed by atoms with E-state index in [2.05, 4.69) is 41.5 Å². The minimum atomic E-state index is 0.740. The number of hydrogen-bond donors (Lipinski definition) is 0. The van der Waals surface area contributed by atoms with Gasteiger partial charge in [-0.15, -0.1) is 0 Å². The van der Waals surface area contributed by atoms with E-state index in [0.717, 1.165) is 61.2 Å². The molecule has 2 nitrogen and oxygen atoms in total. The zero-order valence-corrected chi connectivity index (χ0v) is 19.5. The lowest BCUT2D eigenvalue weighted by atomic mass is 9.98. The molecule has 0 aliphatic rings. The average molecular weight is 391 g/mol. The van der Waals surface area contributed by atoms with Crippen molar-refractivity contribution in [3.63, 3.8) is 0 Å². The van der Waals surface area contributed by atoms with Crippen molar-refractivity contribution < 1.29 is 9.47 Å². The number of hydrogen-bond acceptors (Lipinski definition) is 2. The van der Waals surface area contributed by atoms with E-state index in [1.165, 1.54) is 38.5 Å². The number of benzene rings is 1. The third kappa shape index (κ3) is 13.1. The number of rotatable bonds is 16. The fraction of sp³-hybridized carbons (Fsp3) is 0.769. The van der Waals surface area contributed by atoms with Crippen molar-refractivity contribution in [1.82, 2.24) is 0 Å². The van der Waals surface area contributed by atoms with E-state index in [1.807, 2.05) is 24.3 Å². The van der Waals surface area contributed by atoms with E-state index < -0.39 is 0 Å². The van der Waals surface area contributed by atoms with E-state index in [9.17, 15) is 0 Å². The summed E-state index contributed by atoms with van der Waals surface area (Å²) in [4.78, 5) is 0. The van der Waals surface area contributed by atoms with Gasteiger partial charge in [0.25, 0.3) is 0 Å². The largest absolute Gasteiger partial charge is 0.494 e. The maximum absolute atomic E-state index is 5.91. The highest BCUT2D eigenvalue weighted by Gasteiger charge is 2.06. The molecule has 2 atom stereocenters. The van der Waals surface area contributed by atoms with Crippen molar-refractivity contribution in [3.05, 3.63) is 24.3 Å². The summed E-state index contributed by atoms with van der Waals surface area (Å²) >= 11 is 0. The van der Waals surface area contributed by atoms with Crippen LogP contribution in [0.1, 0.15) is 92.9 Å². The van der Waals surface area contributed by atoms with Crippen LogP contribution >= 0.6 is 0 Å². The molecule has 0 heterocycles. The molecule has 0 amide bonds. The predicted octanol–water partition coefficient (Wildman–Crippen LogP) is 8.15. The van der Waals surface area contributed by atoms with Gasteiger partial charge in [0.05, 0.1) is 13.2 Å². The molecule has 0 unspecified atom stereocenters. The lowest BCUT2D eigenvalue weighted by molar-refractivity contribution is 0.269. The standard InChI is InChI=1S/C26H46O2/c1-21(2)9-7-11-23(5)17-19-27-25-13-15-26(16-14-25)28-20-18-24(6)12-8-10-22(3)4/h13-16,21-24H,7-12,17-20H2,1-6H3/t23-,24+. The summed E-state index contributed by atoms with van der Waals surface area (Å²) in [5.74, 6) is 5.01. The van der Waals surface area contributed by atoms with Gasteiger partial charge in [-0.3, -0.25) is 0 Å². The molecule has 1 rings (SSSR count). The van der Waals surface area contributed by atoms with Crippen LogP contribution in [0.4, 0.5) is 0 Å². The van der Waals surface area contributed by atoms with Gasteiger partial charge < -0.3 is 9.47 Å². The fourth-order valence-corrected chi connectivity index (χ4v) is 3.43. The highest BCUT2D eigenvalue weighted by Crippen LogP contribution is 2.21. The van der Waals surface area contributed by atoms with Crippen molar-refractivity contribution >= 4 is 0 Å². The van der Waals surface area contributed by atoms with Gasteiger partial charge in [-0.25, -0.2) is 0 Å².